The molecule has 1 amide bonds. The van der Waals surface area contributed by atoms with E-state index >= 15 is 0 Å². The monoisotopic (exact) mass is 668 g/mol. The normalized spacial score (nSPS) is 12.0. The molecule has 0 heterocycles. The van der Waals surface area contributed by atoms with Crippen molar-refractivity contribution in [3.8, 4) is 11.8 Å². The number of nitrogens with zero attached hydrogens (tertiary/aromatic N) is 1. The quantitative estimate of drug-likeness (QED) is 0.169. The minimum atomic E-state index is -0.406. The summed E-state index contributed by atoms with van der Waals surface area (Å²) in [5.74, 6) is 0.357. The van der Waals surface area contributed by atoms with E-state index in [0.29, 0.717) is 11.6 Å². The lowest BCUT2D eigenvalue weighted by Crippen LogP contribution is -2.27. The van der Waals surface area contributed by atoms with E-state index in [0.717, 1.165) is 29.6 Å². The molecule has 4 nitrogen and oxygen atoms in total. The van der Waals surface area contributed by atoms with E-state index in [1.165, 1.54) is 0 Å². The van der Waals surface area contributed by atoms with Crippen LogP contribution >= 0.6 is 56.8 Å². The highest BCUT2D eigenvalue weighted by Crippen LogP contribution is 2.30. The molecule has 0 aliphatic rings. The van der Waals surface area contributed by atoms with Crippen LogP contribution in [0.1, 0.15) is 29.7 Å². The second-order valence-corrected chi connectivity index (χ2v) is 9.77. The third kappa shape index (κ3) is 6.70. The minimum Gasteiger partial charge on any atom is -0.487 e. The summed E-state index contributed by atoms with van der Waals surface area (Å²) in [4.78, 5) is 12.6. The number of nitriles is 1. The van der Waals surface area contributed by atoms with Gasteiger partial charge in [-0.15, -0.1) is 0 Å². The van der Waals surface area contributed by atoms with E-state index in [1.807, 2.05) is 79.7 Å². The Balaban J connectivity index is 1.74. The number of rotatable bonds is 7. The van der Waals surface area contributed by atoms with Crippen molar-refractivity contribution in [3.63, 3.8) is 0 Å². The summed E-state index contributed by atoms with van der Waals surface area (Å²) in [6, 6.07) is 22.7. The van der Waals surface area contributed by atoms with Gasteiger partial charge >= 0.3 is 0 Å². The number of carbonyl (C=O) groups is 1. The molecule has 0 fully saturated rings. The SMILES string of the molecule is C[C@H](NC(=O)/C(C#N)=C\c1cc(I)c(OCc2ccc(Cl)cc2)c(I)c1)c1ccccc1. The van der Waals surface area contributed by atoms with Gasteiger partial charge in [-0.1, -0.05) is 54.1 Å². The second-order valence-electron chi connectivity index (χ2n) is 7.00. The van der Waals surface area contributed by atoms with Gasteiger partial charge in [0.15, 0.2) is 0 Å². The van der Waals surface area contributed by atoms with Crippen LogP contribution in [-0.4, -0.2) is 5.91 Å². The van der Waals surface area contributed by atoms with Crippen molar-refractivity contribution in [3.05, 3.63) is 101 Å². The number of amides is 1. The molecule has 0 aromatic heterocycles. The van der Waals surface area contributed by atoms with Crippen molar-refractivity contribution in [2.24, 2.45) is 0 Å². The molecule has 0 unspecified atom stereocenters. The Morgan fingerprint density at radius 3 is 2.34 bits per heavy atom. The van der Waals surface area contributed by atoms with Crippen LogP contribution < -0.4 is 10.1 Å². The molecule has 0 aliphatic carbocycles. The average Bonchev–Trinajstić information content (AvgIpc) is 2.78. The fourth-order valence-corrected chi connectivity index (χ4v) is 5.21. The topological polar surface area (TPSA) is 62.1 Å². The average molecular weight is 669 g/mol. The maximum atomic E-state index is 12.6. The van der Waals surface area contributed by atoms with Gasteiger partial charge in [0.1, 0.15) is 24.0 Å². The third-order valence-corrected chi connectivity index (χ3v) is 6.49. The summed E-state index contributed by atoms with van der Waals surface area (Å²) in [5, 5.41) is 13.1. The largest absolute Gasteiger partial charge is 0.487 e. The van der Waals surface area contributed by atoms with Gasteiger partial charge in [0.25, 0.3) is 5.91 Å². The first-order valence-corrected chi connectivity index (χ1v) is 12.2. The molecule has 1 atom stereocenters. The Morgan fingerprint density at radius 1 is 1.12 bits per heavy atom. The van der Waals surface area contributed by atoms with Crippen LogP contribution in [0.3, 0.4) is 0 Å². The molecule has 3 rings (SSSR count). The Kier molecular flexibility index (Phi) is 8.96. The van der Waals surface area contributed by atoms with Gasteiger partial charge < -0.3 is 10.1 Å². The summed E-state index contributed by atoms with van der Waals surface area (Å²) in [5.41, 5.74) is 2.80. The first-order valence-electron chi connectivity index (χ1n) is 9.71. The van der Waals surface area contributed by atoms with Crippen LogP contribution in [0.2, 0.25) is 5.02 Å². The standard InChI is InChI=1S/C25H19ClI2N2O2/c1-16(19-5-3-2-4-6-19)30-25(31)20(14-29)11-18-12-22(27)24(23(28)13-18)32-15-17-7-9-21(26)10-8-17/h2-13,16H,15H2,1H3,(H,30,31)/b20-11-/t16-/m0/s1. The fourth-order valence-electron chi connectivity index (χ4n) is 2.95. The molecule has 7 heteroatoms. The zero-order valence-corrected chi connectivity index (χ0v) is 22.2. The number of benzene rings is 3. The van der Waals surface area contributed by atoms with Crippen LogP contribution in [0.4, 0.5) is 0 Å². The lowest BCUT2D eigenvalue weighted by atomic mass is 10.1. The lowest BCUT2D eigenvalue weighted by Gasteiger charge is -2.14. The van der Waals surface area contributed by atoms with Crippen molar-refractivity contribution in [1.29, 1.82) is 5.26 Å². The minimum absolute atomic E-state index is 0.0502. The summed E-state index contributed by atoms with van der Waals surface area (Å²) in [6.07, 6.45) is 1.60. The van der Waals surface area contributed by atoms with E-state index in [-0.39, 0.29) is 11.6 Å². The second kappa shape index (κ2) is 11.7. The third-order valence-electron chi connectivity index (χ3n) is 4.64. The highest BCUT2D eigenvalue weighted by molar-refractivity contribution is 14.1. The molecule has 32 heavy (non-hydrogen) atoms. The predicted octanol–water partition coefficient (Wildman–Crippen LogP) is 6.91. The predicted molar refractivity (Wildman–Crippen MR) is 144 cm³/mol. The Bertz CT molecular complexity index is 1150. The van der Waals surface area contributed by atoms with Crippen molar-refractivity contribution in [1.82, 2.24) is 5.32 Å². The summed E-state index contributed by atoms with van der Waals surface area (Å²) < 4.78 is 7.79. The number of halogens is 3. The molecule has 0 bridgehead atoms. The molecule has 3 aromatic rings. The number of hydrogen-bond donors (Lipinski definition) is 1. The number of hydrogen-bond acceptors (Lipinski definition) is 3. The number of ether oxygens (including phenoxy) is 1. The van der Waals surface area contributed by atoms with Gasteiger partial charge in [0.2, 0.25) is 0 Å². The molecule has 0 saturated carbocycles. The van der Waals surface area contributed by atoms with Crippen molar-refractivity contribution in [2.75, 3.05) is 0 Å². The van der Waals surface area contributed by atoms with Gasteiger partial charge in [0, 0.05) is 5.02 Å². The zero-order valence-electron chi connectivity index (χ0n) is 17.1. The molecule has 0 spiro atoms. The number of nitrogens with one attached hydrogen (secondary N) is 1. The molecule has 0 aliphatic heterocycles. The highest BCUT2D eigenvalue weighted by Gasteiger charge is 2.15. The molecule has 3 aromatic carbocycles. The molecule has 0 saturated heterocycles. The fraction of sp³-hybridized carbons (Fsp3) is 0.120. The van der Waals surface area contributed by atoms with Gasteiger partial charge in [0.05, 0.1) is 13.2 Å². The van der Waals surface area contributed by atoms with Gasteiger partial charge in [-0.3, -0.25) is 4.79 Å². The van der Waals surface area contributed by atoms with Gasteiger partial charge in [-0.05, 0) is 99.1 Å². The smallest absolute Gasteiger partial charge is 0.262 e. The van der Waals surface area contributed by atoms with Crippen LogP contribution in [0.15, 0.2) is 72.3 Å². The molecular formula is C25H19ClI2N2O2. The van der Waals surface area contributed by atoms with Crippen LogP contribution in [0, 0.1) is 18.5 Å². The van der Waals surface area contributed by atoms with E-state index in [4.69, 9.17) is 16.3 Å². The lowest BCUT2D eigenvalue weighted by molar-refractivity contribution is -0.117. The number of carbonyl (C=O) groups excluding carboxylic acids is 1. The first-order chi connectivity index (χ1) is 15.4. The van der Waals surface area contributed by atoms with Crippen LogP contribution in [0.25, 0.3) is 6.08 Å². The van der Waals surface area contributed by atoms with Gasteiger partial charge in [-0.2, -0.15) is 5.26 Å². The van der Waals surface area contributed by atoms with E-state index in [1.54, 1.807) is 6.08 Å². The van der Waals surface area contributed by atoms with Crippen molar-refractivity contribution in [2.45, 2.75) is 19.6 Å². The summed E-state index contributed by atoms with van der Waals surface area (Å²) in [7, 11) is 0. The Hall–Kier alpha value is -2.09. The van der Waals surface area contributed by atoms with Crippen LogP contribution in [0.5, 0.6) is 5.75 Å². The summed E-state index contributed by atoms with van der Waals surface area (Å²) in [6.45, 7) is 2.31. The van der Waals surface area contributed by atoms with E-state index in [2.05, 4.69) is 50.5 Å². The first kappa shape index (κ1) is 24.6. The molecule has 162 valence electrons. The molecule has 1 N–H and O–H groups in total. The van der Waals surface area contributed by atoms with Gasteiger partial charge in [-0.25, -0.2) is 0 Å². The maximum Gasteiger partial charge on any atom is 0.262 e. The van der Waals surface area contributed by atoms with E-state index < -0.39 is 5.91 Å². The molecule has 0 radical (unpaired) electrons. The Labute approximate surface area is 219 Å². The van der Waals surface area contributed by atoms with Crippen LogP contribution in [-0.2, 0) is 11.4 Å². The summed E-state index contributed by atoms with van der Waals surface area (Å²) >= 11 is 10.3. The van der Waals surface area contributed by atoms with Crippen molar-refractivity contribution < 1.29 is 9.53 Å². The van der Waals surface area contributed by atoms with E-state index in [9.17, 15) is 10.1 Å². The highest BCUT2D eigenvalue weighted by atomic mass is 127. The molecular weight excluding hydrogens is 650 g/mol. The Morgan fingerprint density at radius 2 is 1.75 bits per heavy atom. The van der Waals surface area contributed by atoms with Crippen molar-refractivity contribution >= 4 is 68.8 Å². The maximum absolute atomic E-state index is 12.6. The zero-order chi connectivity index (χ0) is 23.1.